The van der Waals surface area contributed by atoms with Crippen molar-refractivity contribution in [1.82, 2.24) is 0 Å². The largest absolute Gasteiger partial charge is 0.478 e. The first-order valence-corrected chi connectivity index (χ1v) is 8.76. The lowest BCUT2D eigenvalue weighted by atomic mass is 9.79. The average Bonchev–Trinajstić information content (AvgIpc) is 2.55. The monoisotopic (exact) mass is 303 g/mol. The molecule has 122 valence electrons. The van der Waals surface area contributed by atoms with E-state index >= 15 is 0 Å². The standard InChI is InChI=1S/C19H29NO2/c1-2-15-6-8-16(9-7-15)5-3-4-14-20-18-12-10-17(11-13-18)19(21)22/h10-13,15-16,20H,2-9,14H2,1H3,(H,21,22). The Morgan fingerprint density at radius 1 is 1.09 bits per heavy atom. The molecule has 0 saturated heterocycles. The number of nitrogens with one attached hydrogen (secondary N) is 1. The van der Waals surface area contributed by atoms with Crippen LogP contribution in [0, 0.1) is 11.8 Å². The molecule has 1 aromatic carbocycles. The molecule has 1 fully saturated rings. The molecule has 2 N–H and O–H groups in total. The second kappa shape index (κ2) is 8.82. The van der Waals surface area contributed by atoms with E-state index in [1.54, 1.807) is 12.1 Å². The summed E-state index contributed by atoms with van der Waals surface area (Å²) in [6.45, 7) is 3.29. The van der Waals surface area contributed by atoms with Crippen LogP contribution in [-0.4, -0.2) is 17.6 Å². The van der Waals surface area contributed by atoms with E-state index < -0.39 is 5.97 Å². The number of aromatic carboxylic acids is 1. The fraction of sp³-hybridized carbons (Fsp3) is 0.632. The first-order chi connectivity index (χ1) is 10.7. The van der Waals surface area contributed by atoms with Gasteiger partial charge in [0.05, 0.1) is 5.56 Å². The molecule has 0 aromatic heterocycles. The number of carboxylic acids is 1. The van der Waals surface area contributed by atoms with Gasteiger partial charge in [-0.3, -0.25) is 0 Å². The lowest BCUT2D eigenvalue weighted by molar-refractivity contribution is 0.0697. The molecule has 3 heteroatoms. The topological polar surface area (TPSA) is 49.3 Å². The summed E-state index contributed by atoms with van der Waals surface area (Å²) in [5, 5.41) is 12.2. The fourth-order valence-corrected chi connectivity index (χ4v) is 3.45. The van der Waals surface area contributed by atoms with E-state index in [0.29, 0.717) is 5.56 Å². The number of benzene rings is 1. The third kappa shape index (κ3) is 5.36. The minimum atomic E-state index is -0.871. The molecule has 1 saturated carbocycles. The highest BCUT2D eigenvalue weighted by molar-refractivity contribution is 5.87. The van der Waals surface area contributed by atoms with Crippen molar-refractivity contribution in [3.63, 3.8) is 0 Å². The van der Waals surface area contributed by atoms with E-state index in [9.17, 15) is 4.79 Å². The van der Waals surface area contributed by atoms with Gasteiger partial charge < -0.3 is 10.4 Å². The Morgan fingerprint density at radius 2 is 1.73 bits per heavy atom. The third-order valence-corrected chi connectivity index (χ3v) is 5.04. The van der Waals surface area contributed by atoms with Crippen LogP contribution in [0.25, 0.3) is 0 Å². The quantitative estimate of drug-likeness (QED) is 0.650. The van der Waals surface area contributed by atoms with Gasteiger partial charge in [-0.2, -0.15) is 0 Å². The van der Waals surface area contributed by atoms with Crippen molar-refractivity contribution in [2.24, 2.45) is 11.8 Å². The van der Waals surface area contributed by atoms with Gasteiger partial charge in [0.2, 0.25) is 0 Å². The highest BCUT2D eigenvalue weighted by atomic mass is 16.4. The van der Waals surface area contributed by atoms with Gasteiger partial charge in [-0.15, -0.1) is 0 Å². The predicted octanol–water partition coefficient (Wildman–Crippen LogP) is 5.18. The SMILES string of the molecule is CCC1CCC(CCCCNc2ccc(C(=O)O)cc2)CC1. The second-order valence-electron chi connectivity index (χ2n) is 6.60. The maximum absolute atomic E-state index is 10.8. The summed E-state index contributed by atoms with van der Waals surface area (Å²) in [5.74, 6) is 1.08. The summed E-state index contributed by atoms with van der Waals surface area (Å²) in [6, 6.07) is 6.98. The molecule has 1 aliphatic rings. The predicted molar refractivity (Wildman–Crippen MR) is 91.5 cm³/mol. The second-order valence-corrected chi connectivity index (χ2v) is 6.60. The summed E-state index contributed by atoms with van der Waals surface area (Å²) in [7, 11) is 0. The smallest absolute Gasteiger partial charge is 0.335 e. The summed E-state index contributed by atoms with van der Waals surface area (Å²) < 4.78 is 0. The summed E-state index contributed by atoms with van der Waals surface area (Å²) >= 11 is 0. The summed E-state index contributed by atoms with van der Waals surface area (Å²) in [4.78, 5) is 10.8. The zero-order valence-electron chi connectivity index (χ0n) is 13.7. The molecule has 3 nitrogen and oxygen atoms in total. The Morgan fingerprint density at radius 3 is 2.32 bits per heavy atom. The molecular weight excluding hydrogens is 274 g/mol. The van der Waals surface area contributed by atoms with Crippen LogP contribution in [0.3, 0.4) is 0 Å². The number of hydrogen-bond donors (Lipinski definition) is 2. The molecule has 0 heterocycles. The highest BCUT2D eigenvalue weighted by Gasteiger charge is 2.19. The van der Waals surface area contributed by atoms with Gasteiger partial charge in [0, 0.05) is 12.2 Å². The Bertz CT molecular complexity index is 447. The molecular formula is C19H29NO2. The van der Waals surface area contributed by atoms with Gasteiger partial charge in [0.1, 0.15) is 0 Å². The number of carboxylic acid groups (broad SMARTS) is 1. The maximum atomic E-state index is 10.8. The van der Waals surface area contributed by atoms with Crippen LogP contribution in [0.15, 0.2) is 24.3 Å². The van der Waals surface area contributed by atoms with Gasteiger partial charge in [-0.25, -0.2) is 4.79 Å². The van der Waals surface area contributed by atoms with Crippen molar-refractivity contribution in [2.75, 3.05) is 11.9 Å². The molecule has 0 radical (unpaired) electrons. The third-order valence-electron chi connectivity index (χ3n) is 5.04. The van der Waals surface area contributed by atoms with Crippen LogP contribution >= 0.6 is 0 Å². The van der Waals surface area contributed by atoms with Gasteiger partial charge >= 0.3 is 5.97 Å². The van der Waals surface area contributed by atoms with Crippen molar-refractivity contribution in [3.8, 4) is 0 Å². The average molecular weight is 303 g/mol. The molecule has 0 aliphatic heterocycles. The van der Waals surface area contributed by atoms with E-state index in [0.717, 1.165) is 24.1 Å². The van der Waals surface area contributed by atoms with Crippen molar-refractivity contribution in [3.05, 3.63) is 29.8 Å². The van der Waals surface area contributed by atoms with E-state index in [-0.39, 0.29) is 0 Å². The molecule has 2 rings (SSSR count). The number of hydrogen-bond acceptors (Lipinski definition) is 2. The van der Waals surface area contributed by atoms with E-state index in [1.165, 1.54) is 51.4 Å². The molecule has 1 aliphatic carbocycles. The number of unbranched alkanes of at least 4 members (excludes halogenated alkanes) is 1. The summed E-state index contributed by atoms with van der Waals surface area (Å²) in [5.41, 5.74) is 1.35. The van der Waals surface area contributed by atoms with Crippen LogP contribution in [0.5, 0.6) is 0 Å². The lowest BCUT2D eigenvalue weighted by Crippen LogP contribution is -2.14. The van der Waals surface area contributed by atoms with Crippen molar-refractivity contribution in [2.45, 2.75) is 58.3 Å². The molecule has 0 unspecified atom stereocenters. The molecule has 1 aromatic rings. The van der Waals surface area contributed by atoms with Gasteiger partial charge in [-0.05, 0) is 42.5 Å². The summed E-state index contributed by atoms with van der Waals surface area (Å²) in [6.07, 6.45) is 11.0. The van der Waals surface area contributed by atoms with Gasteiger partial charge in [0.25, 0.3) is 0 Å². The van der Waals surface area contributed by atoms with Crippen molar-refractivity contribution >= 4 is 11.7 Å². The van der Waals surface area contributed by atoms with Crippen LogP contribution < -0.4 is 5.32 Å². The number of carbonyl (C=O) groups is 1. The zero-order valence-corrected chi connectivity index (χ0v) is 13.7. The molecule has 0 atom stereocenters. The Kier molecular flexibility index (Phi) is 6.75. The maximum Gasteiger partial charge on any atom is 0.335 e. The van der Waals surface area contributed by atoms with Crippen LogP contribution in [0.1, 0.15) is 68.6 Å². The first-order valence-electron chi connectivity index (χ1n) is 8.76. The highest BCUT2D eigenvalue weighted by Crippen LogP contribution is 2.33. The van der Waals surface area contributed by atoms with Gasteiger partial charge in [0.15, 0.2) is 0 Å². The minimum Gasteiger partial charge on any atom is -0.478 e. The molecule has 22 heavy (non-hydrogen) atoms. The van der Waals surface area contributed by atoms with E-state index in [4.69, 9.17) is 5.11 Å². The minimum absolute atomic E-state index is 0.341. The van der Waals surface area contributed by atoms with E-state index in [1.807, 2.05) is 12.1 Å². The van der Waals surface area contributed by atoms with Crippen LogP contribution in [-0.2, 0) is 0 Å². The van der Waals surface area contributed by atoms with Crippen LogP contribution in [0.2, 0.25) is 0 Å². The normalized spacial score (nSPS) is 21.5. The van der Waals surface area contributed by atoms with Crippen LogP contribution in [0.4, 0.5) is 5.69 Å². The molecule has 0 amide bonds. The van der Waals surface area contributed by atoms with Crippen molar-refractivity contribution < 1.29 is 9.90 Å². The molecule has 0 spiro atoms. The lowest BCUT2D eigenvalue weighted by Gasteiger charge is -2.27. The Hall–Kier alpha value is -1.51. The zero-order chi connectivity index (χ0) is 15.8. The van der Waals surface area contributed by atoms with Crippen molar-refractivity contribution in [1.29, 1.82) is 0 Å². The van der Waals surface area contributed by atoms with E-state index in [2.05, 4.69) is 12.2 Å². The van der Waals surface area contributed by atoms with Gasteiger partial charge in [-0.1, -0.05) is 51.9 Å². The Balaban J connectivity index is 1.56. The first kappa shape index (κ1) is 16.9. The fourth-order valence-electron chi connectivity index (χ4n) is 3.45. The number of rotatable bonds is 8. The Labute approximate surface area is 134 Å². The molecule has 0 bridgehead atoms. The number of anilines is 1.